The highest BCUT2D eigenvalue weighted by molar-refractivity contribution is 7.08. The lowest BCUT2D eigenvalue weighted by molar-refractivity contribution is -0.383. The second-order valence-electron chi connectivity index (χ2n) is 5.34. The van der Waals surface area contributed by atoms with Crippen LogP contribution in [-0.4, -0.2) is 28.0 Å². The van der Waals surface area contributed by atoms with Crippen LogP contribution in [0.15, 0.2) is 52.3 Å². The van der Waals surface area contributed by atoms with E-state index in [2.05, 4.69) is 5.10 Å². The van der Waals surface area contributed by atoms with E-state index in [1.54, 1.807) is 6.07 Å². The summed E-state index contributed by atoms with van der Waals surface area (Å²) in [5, 5.41) is 20.3. The van der Waals surface area contributed by atoms with Crippen molar-refractivity contribution in [3.05, 3.63) is 74.0 Å². The number of imide groups is 1. The fraction of sp³-hybridized carbons (Fsp3) is 0. The van der Waals surface area contributed by atoms with Gasteiger partial charge < -0.3 is 0 Å². The van der Waals surface area contributed by atoms with Gasteiger partial charge in [-0.3, -0.25) is 19.7 Å². The molecule has 8 heteroatoms. The molecule has 0 N–H and O–H groups in total. The first-order valence-corrected chi connectivity index (χ1v) is 8.17. The van der Waals surface area contributed by atoms with Gasteiger partial charge in [0.25, 0.3) is 17.5 Å². The van der Waals surface area contributed by atoms with Gasteiger partial charge >= 0.3 is 0 Å². The highest BCUT2D eigenvalue weighted by atomic mass is 32.1. The van der Waals surface area contributed by atoms with Gasteiger partial charge in [0.05, 0.1) is 27.7 Å². The molecule has 1 aromatic heterocycles. The molecule has 0 unspecified atom stereocenters. The van der Waals surface area contributed by atoms with Crippen molar-refractivity contribution in [3.63, 3.8) is 0 Å². The van der Waals surface area contributed by atoms with Gasteiger partial charge in [0.2, 0.25) is 0 Å². The number of hydrazone groups is 1. The predicted molar refractivity (Wildman–Crippen MR) is 93.0 cm³/mol. The van der Waals surface area contributed by atoms with Gasteiger partial charge in [0.15, 0.2) is 0 Å². The Morgan fingerprint density at radius 1 is 1.08 bits per heavy atom. The van der Waals surface area contributed by atoms with Crippen molar-refractivity contribution in [2.75, 3.05) is 0 Å². The van der Waals surface area contributed by atoms with E-state index in [0.717, 1.165) is 10.6 Å². The van der Waals surface area contributed by atoms with Crippen LogP contribution >= 0.6 is 11.3 Å². The van der Waals surface area contributed by atoms with E-state index in [1.807, 2.05) is 16.8 Å². The number of non-ortho nitro benzene ring substituents is 1. The number of nitro groups is 1. The van der Waals surface area contributed by atoms with Crippen LogP contribution < -0.4 is 0 Å². The zero-order chi connectivity index (χ0) is 17.6. The quantitative estimate of drug-likeness (QED) is 0.313. The largest absolute Gasteiger partial charge is 0.282 e. The molecule has 2 aromatic carbocycles. The lowest BCUT2D eigenvalue weighted by Gasteiger charge is -2.22. The van der Waals surface area contributed by atoms with E-state index in [0.29, 0.717) is 5.39 Å². The molecule has 1 aliphatic heterocycles. The third-order valence-corrected chi connectivity index (χ3v) is 4.63. The summed E-state index contributed by atoms with van der Waals surface area (Å²) in [5.41, 5.74) is 1.08. The normalized spacial score (nSPS) is 13.8. The molecule has 122 valence electrons. The lowest BCUT2D eigenvalue weighted by Crippen LogP contribution is -2.36. The number of amides is 2. The van der Waals surface area contributed by atoms with Gasteiger partial charge in [-0.25, -0.2) is 0 Å². The van der Waals surface area contributed by atoms with Crippen LogP contribution in [-0.2, 0) is 0 Å². The van der Waals surface area contributed by atoms with Gasteiger partial charge in [0.1, 0.15) is 0 Å². The molecular formula is C17H9N3O4S. The molecule has 3 aromatic rings. The number of nitrogens with zero attached hydrogens (tertiary/aromatic N) is 3. The van der Waals surface area contributed by atoms with Gasteiger partial charge in [0, 0.05) is 17.0 Å². The van der Waals surface area contributed by atoms with Crippen molar-refractivity contribution in [1.82, 2.24) is 5.01 Å². The third kappa shape index (κ3) is 2.31. The SMILES string of the molecule is O=C1c2cccc3c([N+](=O)[O-])ccc(c23)C(=O)N1/N=C\c1ccsc1. The van der Waals surface area contributed by atoms with Crippen LogP contribution in [0.3, 0.4) is 0 Å². The summed E-state index contributed by atoms with van der Waals surface area (Å²) < 4.78 is 0. The second kappa shape index (κ2) is 5.60. The number of nitro benzene ring substituents is 1. The molecule has 0 atom stereocenters. The highest BCUT2D eigenvalue weighted by Gasteiger charge is 2.34. The number of hydrogen-bond donors (Lipinski definition) is 0. The van der Waals surface area contributed by atoms with Crippen LogP contribution in [0.4, 0.5) is 5.69 Å². The molecule has 0 saturated carbocycles. The van der Waals surface area contributed by atoms with Crippen molar-refractivity contribution in [2.45, 2.75) is 0 Å². The number of carbonyl (C=O) groups is 2. The number of thiophene rings is 1. The van der Waals surface area contributed by atoms with Crippen molar-refractivity contribution in [2.24, 2.45) is 5.10 Å². The summed E-state index contributed by atoms with van der Waals surface area (Å²) in [4.78, 5) is 36.0. The predicted octanol–water partition coefficient (Wildman–Crippen LogP) is 3.44. The summed E-state index contributed by atoms with van der Waals surface area (Å²) in [6, 6.07) is 9.08. The van der Waals surface area contributed by atoms with E-state index in [-0.39, 0.29) is 22.2 Å². The molecule has 1 aliphatic rings. The molecule has 2 amide bonds. The molecule has 0 aliphatic carbocycles. The van der Waals surface area contributed by atoms with Crippen LogP contribution in [0.2, 0.25) is 0 Å². The Morgan fingerprint density at radius 3 is 2.52 bits per heavy atom. The Balaban J connectivity index is 1.89. The summed E-state index contributed by atoms with van der Waals surface area (Å²) >= 11 is 1.47. The molecule has 0 saturated heterocycles. The maximum Gasteiger partial charge on any atom is 0.282 e. The minimum absolute atomic E-state index is 0.142. The van der Waals surface area contributed by atoms with E-state index in [1.165, 1.54) is 41.8 Å². The Hall–Kier alpha value is -3.39. The van der Waals surface area contributed by atoms with Gasteiger partial charge in [-0.1, -0.05) is 6.07 Å². The molecule has 0 spiro atoms. The van der Waals surface area contributed by atoms with Crippen molar-refractivity contribution < 1.29 is 14.5 Å². The fourth-order valence-electron chi connectivity index (χ4n) is 2.81. The number of hydrogen-bond acceptors (Lipinski definition) is 6. The Labute approximate surface area is 145 Å². The molecule has 4 rings (SSSR count). The van der Waals surface area contributed by atoms with Crippen molar-refractivity contribution >= 4 is 45.8 Å². The average Bonchev–Trinajstić information content (AvgIpc) is 3.12. The molecule has 0 bridgehead atoms. The van der Waals surface area contributed by atoms with Crippen LogP contribution in [0.1, 0.15) is 26.3 Å². The van der Waals surface area contributed by atoms with E-state index in [9.17, 15) is 19.7 Å². The number of benzene rings is 2. The first-order chi connectivity index (χ1) is 12.1. The van der Waals surface area contributed by atoms with Crippen molar-refractivity contribution in [1.29, 1.82) is 0 Å². The Kier molecular flexibility index (Phi) is 3.40. The van der Waals surface area contributed by atoms with Crippen LogP contribution in [0.5, 0.6) is 0 Å². The third-order valence-electron chi connectivity index (χ3n) is 3.93. The molecule has 0 fully saturated rings. The smallest absolute Gasteiger partial charge is 0.267 e. The fourth-order valence-corrected chi connectivity index (χ4v) is 3.42. The van der Waals surface area contributed by atoms with Gasteiger partial charge in [-0.05, 0) is 35.0 Å². The van der Waals surface area contributed by atoms with Gasteiger partial charge in [-0.15, -0.1) is 0 Å². The first-order valence-electron chi connectivity index (χ1n) is 7.23. The zero-order valence-electron chi connectivity index (χ0n) is 12.6. The summed E-state index contributed by atoms with van der Waals surface area (Å²) in [7, 11) is 0. The maximum atomic E-state index is 12.7. The van der Waals surface area contributed by atoms with Gasteiger partial charge in [-0.2, -0.15) is 21.4 Å². The van der Waals surface area contributed by atoms with E-state index in [4.69, 9.17) is 0 Å². The molecular weight excluding hydrogens is 342 g/mol. The van der Waals surface area contributed by atoms with Crippen molar-refractivity contribution in [3.8, 4) is 0 Å². The summed E-state index contributed by atoms with van der Waals surface area (Å²) in [5.74, 6) is -1.20. The molecule has 0 radical (unpaired) electrons. The first kappa shape index (κ1) is 15.2. The zero-order valence-corrected chi connectivity index (χ0v) is 13.4. The lowest BCUT2D eigenvalue weighted by atomic mass is 9.94. The average molecular weight is 351 g/mol. The maximum absolute atomic E-state index is 12.7. The topological polar surface area (TPSA) is 92.9 Å². The van der Waals surface area contributed by atoms with Crippen LogP contribution in [0, 0.1) is 10.1 Å². The Morgan fingerprint density at radius 2 is 1.84 bits per heavy atom. The second-order valence-corrected chi connectivity index (χ2v) is 6.12. The van der Waals surface area contributed by atoms with E-state index >= 15 is 0 Å². The minimum Gasteiger partial charge on any atom is -0.267 e. The standard InChI is InChI=1S/C17H9N3O4S/c21-16-12-3-1-2-11-14(20(23)24)5-4-13(15(11)12)17(22)19(16)18-8-10-6-7-25-9-10/h1-9H/b18-8-. The highest BCUT2D eigenvalue weighted by Crippen LogP contribution is 2.35. The Bertz CT molecular complexity index is 1050. The number of rotatable bonds is 3. The monoisotopic (exact) mass is 351 g/mol. The summed E-state index contributed by atoms with van der Waals surface area (Å²) in [6.07, 6.45) is 1.43. The number of carbonyl (C=O) groups excluding carboxylic acids is 2. The molecule has 2 heterocycles. The molecule has 25 heavy (non-hydrogen) atoms. The summed E-state index contributed by atoms with van der Waals surface area (Å²) in [6.45, 7) is 0. The van der Waals surface area contributed by atoms with Crippen LogP contribution in [0.25, 0.3) is 10.8 Å². The molecule has 7 nitrogen and oxygen atoms in total. The van der Waals surface area contributed by atoms with E-state index < -0.39 is 16.7 Å². The minimum atomic E-state index is -0.602.